The Morgan fingerprint density at radius 3 is 2.34 bits per heavy atom. The third-order valence-corrected chi connectivity index (χ3v) is 5.95. The molecule has 3 aromatic rings. The Balaban J connectivity index is 1.33. The van der Waals surface area contributed by atoms with Crippen LogP contribution in [-0.4, -0.2) is 49.0 Å². The molecule has 0 radical (unpaired) electrons. The second-order valence-electron chi connectivity index (χ2n) is 8.13. The van der Waals surface area contributed by atoms with E-state index in [2.05, 4.69) is 36.1 Å². The Kier molecular flexibility index (Phi) is 7.07. The first-order valence-corrected chi connectivity index (χ1v) is 11.0. The molecule has 4 rings (SSSR count). The summed E-state index contributed by atoms with van der Waals surface area (Å²) in [6.07, 6.45) is 0. The zero-order valence-corrected chi connectivity index (χ0v) is 18.8. The van der Waals surface area contributed by atoms with E-state index in [1.165, 1.54) is 11.1 Å². The number of piperazine rings is 1. The van der Waals surface area contributed by atoms with E-state index in [1.807, 2.05) is 53.4 Å². The van der Waals surface area contributed by atoms with E-state index in [9.17, 15) is 4.79 Å². The summed E-state index contributed by atoms with van der Waals surface area (Å²) >= 11 is 0. The van der Waals surface area contributed by atoms with Crippen molar-refractivity contribution < 1.29 is 14.3 Å². The molecule has 3 aromatic carbocycles. The van der Waals surface area contributed by atoms with Crippen molar-refractivity contribution in [2.24, 2.45) is 0 Å². The lowest BCUT2D eigenvalue weighted by Crippen LogP contribution is -2.48. The zero-order valence-electron chi connectivity index (χ0n) is 18.8. The maximum Gasteiger partial charge on any atom is 0.253 e. The Bertz CT molecular complexity index is 1060. The molecule has 1 aliphatic rings. The first-order chi connectivity index (χ1) is 15.6. The maximum absolute atomic E-state index is 13.1. The van der Waals surface area contributed by atoms with E-state index in [0.29, 0.717) is 23.7 Å². The highest BCUT2D eigenvalue weighted by atomic mass is 16.5. The molecule has 1 amide bonds. The number of ether oxygens (including phenoxy) is 2. The average Bonchev–Trinajstić information content (AvgIpc) is 2.84. The molecule has 0 aliphatic carbocycles. The van der Waals surface area contributed by atoms with Gasteiger partial charge in [0.15, 0.2) is 11.5 Å². The Labute approximate surface area is 190 Å². The number of aryl methyl sites for hydroxylation is 1. The second kappa shape index (κ2) is 10.3. The molecule has 32 heavy (non-hydrogen) atoms. The third kappa shape index (κ3) is 5.29. The van der Waals surface area contributed by atoms with E-state index in [0.717, 1.165) is 38.3 Å². The number of benzene rings is 3. The van der Waals surface area contributed by atoms with Crippen LogP contribution in [0.5, 0.6) is 11.5 Å². The summed E-state index contributed by atoms with van der Waals surface area (Å²) in [5, 5.41) is 0. The Hall–Kier alpha value is -3.31. The van der Waals surface area contributed by atoms with E-state index in [1.54, 1.807) is 7.11 Å². The molecule has 0 N–H and O–H groups in total. The number of nitrogens with zero attached hydrogens (tertiary/aromatic N) is 2. The van der Waals surface area contributed by atoms with Gasteiger partial charge >= 0.3 is 0 Å². The largest absolute Gasteiger partial charge is 0.493 e. The number of methoxy groups -OCH3 is 1. The van der Waals surface area contributed by atoms with Crippen LogP contribution >= 0.6 is 0 Å². The van der Waals surface area contributed by atoms with Crippen molar-refractivity contribution in [3.63, 3.8) is 0 Å². The lowest BCUT2D eigenvalue weighted by molar-refractivity contribution is 0.0628. The molecule has 0 aromatic heterocycles. The van der Waals surface area contributed by atoms with Crippen LogP contribution in [0.3, 0.4) is 0 Å². The monoisotopic (exact) mass is 430 g/mol. The van der Waals surface area contributed by atoms with E-state index < -0.39 is 0 Å². The molecule has 5 heteroatoms. The summed E-state index contributed by atoms with van der Waals surface area (Å²) in [6, 6.07) is 23.8. The number of rotatable bonds is 7. The molecule has 1 saturated heterocycles. The van der Waals surface area contributed by atoms with Gasteiger partial charge in [0.25, 0.3) is 5.91 Å². The zero-order chi connectivity index (χ0) is 22.3. The first-order valence-electron chi connectivity index (χ1n) is 11.0. The quantitative estimate of drug-likeness (QED) is 0.552. The van der Waals surface area contributed by atoms with Gasteiger partial charge in [0.2, 0.25) is 0 Å². The molecule has 0 saturated carbocycles. The molecular weight excluding hydrogens is 400 g/mol. The summed E-state index contributed by atoms with van der Waals surface area (Å²) in [6.45, 7) is 6.72. The lowest BCUT2D eigenvalue weighted by atomic mass is 10.1. The Morgan fingerprint density at radius 2 is 1.59 bits per heavy atom. The standard InChI is InChI=1S/C27H30N2O3/c1-21-8-3-4-10-24(21)19-28-14-16-29(17-15-28)27(30)23-11-7-9-22(18-23)20-32-26-13-6-5-12-25(26)31-2/h3-13,18H,14-17,19-20H2,1-2H3. The molecule has 0 bridgehead atoms. The smallest absolute Gasteiger partial charge is 0.253 e. The van der Waals surface area contributed by atoms with Gasteiger partial charge in [-0.05, 0) is 47.9 Å². The molecule has 5 nitrogen and oxygen atoms in total. The first kappa shape index (κ1) is 21.9. The van der Waals surface area contributed by atoms with E-state index in [4.69, 9.17) is 9.47 Å². The van der Waals surface area contributed by atoms with Crippen LogP contribution in [-0.2, 0) is 13.2 Å². The number of hydrogen-bond donors (Lipinski definition) is 0. The topological polar surface area (TPSA) is 42.0 Å². The van der Waals surface area contributed by atoms with Crippen molar-refractivity contribution in [2.75, 3.05) is 33.3 Å². The predicted octanol–water partition coefficient (Wildman–Crippen LogP) is 4.54. The predicted molar refractivity (Wildman–Crippen MR) is 126 cm³/mol. The summed E-state index contributed by atoms with van der Waals surface area (Å²) < 4.78 is 11.3. The van der Waals surface area contributed by atoms with Gasteiger partial charge in [-0.3, -0.25) is 9.69 Å². The number of amides is 1. The molecule has 1 aliphatic heterocycles. The summed E-state index contributed by atoms with van der Waals surface area (Å²) in [4.78, 5) is 17.5. The van der Waals surface area contributed by atoms with Gasteiger partial charge in [0.05, 0.1) is 7.11 Å². The van der Waals surface area contributed by atoms with Crippen LogP contribution in [0.2, 0.25) is 0 Å². The van der Waals surface area contributed by atoms with Crippen molar-refractivity contribution >= 4 is 5.91 Å². The minimum Gasteiger partial charge on any atom is -0.493 e. The maximum atomic E-state index is 13.1. The number of carbonyl (C=O) groups excluding carboxylic acids is 1. The highest BCUT2D eigenvalue weighted by Crippen LogP contribution is 2.26. The minimum atomic E-state index is 0.0830. The highest BCUT2D eigenvalue weighted by molar-refractivity contribution is 5.94. The van der Waals surface area contributed by atoms with Crippen molar-refractivity contribution in [3.8, 4) is 11.5 Å². The average molecular weight is 431 g/mol. The fourth-order valence-corrected chi connectivity index (χ4v) is 4.01. The van der Waals surface area contributed by atoms with Gasteiger partial charge in [-0.25, -0.2) is 0 Å². The fraction of sp³-hybridized carbons (Fsp3) is 0.296. The van der Waals surface area contributed by atoms with Gasteiger partial charge in [-0.1, -0.05) is 48.5 Å². The normalized spacial score (nSPS) is 14.2. The van der Waals surface area contributed by atoms with Gasteiger partial charge in [0, 0.05) is 38.3 Å². The van der Waals surface area contributed by atoms with Gasteiger partial charge < -0.3 is 14.4 Å². The van der Waals surface area contributed by atoms with Gasteiger partial charge in [-0.15, -0.1) is 0 Å². The molecule has 166 valence electrons. The molecule has 0 spiro atoms. The van der Waals surface area contributed by atoms with Crippen molar-refractivity contribution in [2.45, 2.75) is 20.1 Å². The van der Waals surface area contributed by atoms with Crippen molar-refractivity contribution in [3.05, 3.63) is 95.1 Å². The lowest BCUT2D eigenvalue weighted by Gasteiger charge is -2.35. The number of carbonyl (C=O) groups is 1. The number of hydrogen-bond acceptors (Lipinski definition) is 4. The number of para-hydroxylation sites is 2. The van der Waals surface area contributed by atoms with E-state index >= 15 is 0 Å². The van der Waals surface area contributed by atoms with Crippen molar-refractivity contribution in [1.82, 2.24) is 9.80 Å². The van der Waals surface area contributed by atoms with Crippen LogP contribution in [0.4, 0.5) is 0 Å². The van der Waals surface area contributed by atoms with Crippen LogP contribution in [0.25, 0.3) is 0 Å². The van der Waals surface area contributed by atoms with Gasteiger partial charge in [0.1, 0.15) is 6.61 Å². The summed E-state index contributed by atoms with van der Waals surface area (Å²) in [7, 11) is 1.63. The SMILES string of the molecule is COc1ccccc1OCc1cccc(C(=O)N2CCN(Cc3ccccc3C)CC2)c1. The molecule has 1 heterocycles. The third-order valence-electron chi connectivity index (χ3n) is 5.95. The molecular formula is C27H30N2O3. The van der Waals surface area contributed by atoms with Gasteiger partial charge in [-0.2, -0.15) is 0 Å². The highest BCUT2D eigenvalue weighted by Gasteiger charge is 2.22. The second-order valence-corrected chi connectivity index (χ2v) is 8.13. The molecule has 0 atom stereocenters. The molecule has 0 unspecified atom stereocenters. The minimum absolute atomic E-state index is 0.0830. The van der Waals surface area contributed by atoms with Crippen LogP contribution in [0, 0.1) is 6.92 Å². The van der Waals surface area contributed by atoms with Crippen LogP contribution < -0.4 is 9.47 Å². The molecule has 1 fully saturated rings. The van der Waals surface area contributed by atoms with E-state index in [-0.39, 0.29) is 5.91 Å². The fourth-order valence-electron chi connectivity index (χ4n) is 4.01. The van der Waals surface area contributed by atoms with Crippen LogP contribution in [0.15, 0.2) is 72.8 Å². The Morgan fingerprint density at radius 1 is 0.875 bits per heavy atom. The van der Waals surface area contributed by atoms with Crippen LogP contribution in [0.1, 0.15) is 27.0 Å². The van der Waals surface area contributed by atoms with Crippen molar-refractivity contribution in [1.29, 1.82) is 0 Å². The summed E-state index contributed by atoms with van der Waals surface area (Å²) in [5.41, 5.74) is 4.34. The summed E-state index contributed by atoms with van der Waals surface area (Å²) in [5.74, 6) is 1.47.